The highest BCUT2D eigenvalue weighted by Crippen LogP contribution is 2.35. The average Bonchev–Trinajstić information content (AvgIpc) is 2.25. The number of hydrogen-bond donors (Lipinski definition) is 1. The van der Waals surface area contributed by atoms with Gasteiger partial charge >= 0.3 is 6.18 Å². The Morgan fingerprint density at radius 3 is 2.24 bits per heavy atom. The normalized spacial score (nSPS) is 13.9. The number of rotatable bonds is 3. The van der Waals surface area contributed by atoms with Gasteiger partial charge in [-0.15, -0.1) is 0 Å². The van der Waals surface area contributed by atoms with Gasteiger partial charge in [0.1, 0.15) is 5.75 Å². The third-order valence-electron chi connectivity index (χ3n) is 2.19. The number of halogens is 5. The molecule has 96 valence electrons. The fraction of sp³-hybridized carbons (Fsp3) is 0.400. The highest BCUT2D eigenvalue weighted by molar-refractivity contribution is 5.40. The largest absolute Gasteiger partial charge is 0.496 e. The van der Waals surface area contributed by atoms with Gasteiger partial charge in [0.2, 0.25) is 0 Å². The Kier molecular flexibility index (Phi) is 3.92. The van der Waals surface area contributed by atoms with Crippen LogP contribution in [-0.2, 0) is 6.18 Å². The molecule has 17 heavy (non-hydrogen) atoms. The number of hydrogen-bond acceptors (Lipinski definition) is 2. The van der Waals surface area contributed by atoms with E-state index in [-0.39, 0.29) is 11.3 Å². The molecule has 7 heteroatoms. The highest BCUT2D eigenvalue weighted by Gasteiger charge is 2.32. The smallest absolute Gasteiger partial charge is 0.416 e. The number of ether oxygens (including phenoxy) is 1. The summed E-state index contributed by atoms with van der Waals surface area (Å²) >= 11 is 0. The Balaban J connectivity index is 3.25. The highest BCUT2D eigenvalue weighted by atomic mass is 19.4. The Morgan fingerprint density at radius 2 is 1.82 bits per heavy atom. The molecule has 1 aromatic carbocycles. The van der Waals surface area contributed by atoms with Gasteiger partial charge < -0.3 is 10.5 Å². The SMILES string of the molecule is COc1ccc(C(F)(F)F)cc1C(N)C(F)F. The molecule has 0 aliphatic carbocycles. The first-order valence-electron chi connectivity index (χ1n) is 4.56. The van der Waals surface area contributed by atoms with Crippen LogP contribution in [0.4, 0.5) is 22.0 Å². The van der Waals surface area contributed by atoms with E-state index in [1.807, 2.05) is 0 Å². The molecule has 0 aliphatic heterocycles. The molecule has 0 radical (unpaired) electrons. The van der Waals surface area contributed by atoms with Gasteiger partial charge in [0.05, 0.1) is 18.7 Å². The molecule has 1 aromatic rings. The molecule has 0 fully saturated rings. The maximum atomic E-state index is 12.4. The molecule has 2 N–H and O–H groups in total. The fourth-order valence-electron chi connectivity index (χ4n) is 1.31. The first-order valence-corrected chi connectivity index (χ1v) is 4.56. The van der Waals surface area contributed by atoms with E-state index in [1.54, 1.807) is 0 Å². The van der Waals surface area contributed by atoms with Crippen LogP contribution in [0.15, 0.2) is 18.2 Å². The monoisotopic (exact) mass is 255 g/mol. The van der Waals surface area contributed by atoms with Crippen molar-refractivity contribution in [3.63, 3.8) is 0 Å². The van der Waals surface area contributed by atoms with Gasteiger partial charge in [0.15, 0.2) is 0 Å². The fourth-order valence-corrected chi connectivity index (χ4v) is 1.31. The first-order chi connectivity index (χ1) is 7.77. The molecule has 0 heterocycles. The summed E-state index contributed by atoms with van der Waals surface area (Å²) in [6, 6.07) is 0.489. The summed E-state index contributed by atoms with van der Waals surface area (Å²) in [7, 11) is 1.17. The van der Waals surface area contributed by atoms with Crippen LogP contribution < -0.4 is 10.5 Å². The van der Waals surface area contributed by atoms with Crippen LogP contribution in [0.3, 0.4) is 0 Å². The summed E-state index contributed by atoms with van der Waals surface area (Å²) in [6.45, 7) is 0. The molecule has 0 amide bonds. The van der Waals surface area contributed by atoms with Crippen LogP contribution in [-0.4, -0.2) is 13.5 Å². The number of alkyl halides is 5. The molecule has 0 saturated carbocycles. The predicted molar refractivity (Wildman–Crippen MR) is 50.9 cm³/mol. The van der Waals surface area contributed by atoms with Gasteiger partial charge in [-0.25, -0.2) is 8.78 Å². The van der Waals surface area contributed by atoms with E-state index < -0.39 is 24.2 Å². The number of nitrogens with two attached hydrogens (primary N) is 1. The average molecular weight is 255 g/mol. The lowest BCUT2D eigenvalue weighted by atomic mass is 10.0. The van der Waals surface area contributed by atoms with E-state index >= 15 is 0 Å². The van der Waals surface area contributed by atoms with Gasteiger partial charge in [-0.3, -0.25) is 0 Å². The van der Waals surface area contributed by atoms with Crippen LogP contribution in [0, 0.1) is 0 Å². The standard InChI is InChI=1S/C10H10F5NO/c1-17-7-3-2-5(10(13,14)15)4-6(7)8(16)9(11)12/h2-4,8-9H,16H2,1H3. The minimum absolute atomic E-state index is 0.0919. The molecule has 0 saturated heterocycles. The summed E-state index contributed by atoms with van der Waals surface area (Å²) < 4.78 is 66.7. The molecule has 0 bridgehead atoms. The molecule has 0 aliphatic rings. The van der Waals surface area contributed by atoms with Gasteiger partial charge in [0.25, 0.3) is 6.43 Å². The van der Waals surface area contributed by atoms with Crippen molar-refractivity contribution in [2.75, 3.05) is 7.11 Å². The summed E-state index contributed by atoms with van der Waals surface area (Å²) in [5.41, 5.74) is 3.73. The van der Waals surface area contributed by atoms with Crippen molar-refractivity contribution in [3.05, 3.63) is 29.3 Å². The van der Waals surface area contributed by atoms with Gasteiger partial charge in [-0.05, 0) is 18.2 Å². The lowest BCUT2D eigenvalue weighted by Gasteiger charge is -2.17. The summed E-state index contributed by atoms with van der Waals surface area (Å²) in [4.78, 5) is 0. The van der Waals surface area contributed by atoms with Crippen molar-refractivity contribution in [2.45, 2.75) is 18.6 Å². The maximum absolute atomic E-state index is 12.4. The first kappa shape index (κ1) is 13.7. The third kappa shape index (κ3) is 3.06. The summed E-state index contributed by atoms with van der Waals surface area (Å²) in [5, 5.41) is 0. The Labute approximate surface area is 94.2 Å². The second-order valence-electron chi connectivity index (χ2n) is 3.31. The quantitative estimate of drug-likeness (QED) is 0.843. The molecule has 1 rings (SSSR count). The van der Waals surface area contributed by atoms with E-state index in [4.69, 9.17) is 10.5 Å². The zero-order valence-corrected chi connectivity index (χ0v) is 8.76. The Bertz CT molecular complexity index is 391. The van der Waals surface area contributed by atoms with Crippen LogP contribution >= 0.6 is 0 Å². The molecule has 0 aromatic heterocycles. The minimum atomic E-state index is -4.61. The lowest BCUT2D eigenvalue weighted by Crippen LogP contribution is -2.20. The van der Waals surface area contributed by atoms with Gasteiger partial charge in [-0.1, -0.05) is 0 Å². The van der Waals surface area contributed by atoms with E-state index in [0.29, 0.717) is 6.07 Å². The second kappa shape index (κ2) is 4.87. The number of benzene rings is 1. The zero-order chi connectivity index (χ0) is 13.2. The van der Waals surface area contributed by atoms with Crippen molar-refractivity contribution >= 4 is 0 Å². The van der Waals surface area contributed by atoms with Crippen molar-refractivity contribution in [1.82, 2.24) is 0 Å². The molecule has 2 nitrogen and oxygen atoms in total. The van der Waals surface area contributed by atoms with E-state index in [2.05, 4.69) is 0 Å². The minimum Gasteiger partial charge on any atom is -0.496 e. The number of methoxy groups -OCH3 is 1. The lowest BCUT2D eigenvalue weighted by molar-refractivity contribution is -0.137. The van der Waals surface area contributed by atoms with Crippen molar-refractivity contribution < 1.29 is 26.7 Å². The Hall–Kier alpha value is -1.37. The third-order valence-corrected chi connectivity index (χ3v) is 2.19. The van der Waals surface area contributed by atoms with Crippen LogP contribution in [0.25, 0.3) is 0 Å². The van der Waals surface area contributed by atoms with E-state index in [0.717, 1.165) is 12.1 Å². The van der Waals surface area contributed by atoms with Crippen LogP contribution in [0.2, 0.25) is 0 Å². The molecular formula is C10H10F5NO. The van der Waals surface area contributed by atoms with Crippen molar-refractivity contribution in [2.24, 2.45) is 5.73 Å². The predicted octanol–water partition coefficient (Wildman–Crippen LogP) is 2.98. The zero-order valence-electron chi connectivity index (χ0n) is 8.76. The maximum Gasteiger partial charge on any atom is 0.416 e. The van der Waals surface area contributed by atoms with E-state index in [9.17, 15) is 22.0 Å². The Morgan fingerprint density at radius 1 is 1.24 bits per heavy atom. The van der Waals surface area contributed by atoms with E-state index in [1.165, 1.54) is 7.11 Å². The molecule has 1 atom stereocenters. The summed E-state index contributed by atoms with van der Waals surface area (Å²) in [6.07, 6.45) is -7.57. The summed E-state index contributed by atoms with van der Waals surface area (Å²) in [5.74, 6) is -0.0919. The molecular weight excluding hydrogens is 245 g/mol. The van der Waals surface area contributed by atoms with Crippen LogP contribution in [0.1, 0.15) is 17.2 Å². The van der Waals surface area contributed by atoms with Gasteiger partial charge in [0, 0.05) is 5.56 Å². The molecule has 1 unspecified atom stereocenters. The van der Waals surface area contributed by atoms with Crippen LogP contribution in [0.5, 0.6) is 5.75 Å². The van der Waals surface area contributed by atoms with Crippen molar-refractivity contribution in [3.8, 4) is 5.75 Å². The van der Waals surface area contributed by atoms with Crippen molar-refractivity contribution in [1.29, 1.82) is 0 Å². The topological polar surface area (TPSA) is 35.2 Å². The molecule has 0 spiro atoms. The second-order valence-corrected chi connectivity index (χ2v) is 3.31. The van der Waals surface area contributed by atoms with Gasteiger partial charge in [-0.2, -0.15) is 13.2 Å².